The summed E-state index contributed by atoms with van der Waals surface area (Å²) in [5.41, 5.74) is 1.26. The van der Waals surface area contributed by atoms with Crippen LogP contribution in [0, 0.1) is 0 Å². The smallest absolute Gasteiger partial charge is 0.339 e. The molecule has 0 saturated heterocycles. The third kappa shape index (κ3) is 3.71. The van der Waals surface area contributed by atoms with Gasteiger partial charge in [0.15, 0.2) is 0 Å². The summed E-state index contributed by atoms with van der Waals surface area (Å²) in [5, 5.41) is 13.1. The predicted octanol–water partition coefficient (Wildman–Crippen LogP) is 1.48. The SMILES string of the molecule is CC(C)(C)NCC(O)COc1cccc2c1COC2=O. The number of esters is 1. The molecule has 1 aromatic carbocycles. The van der Waals surface area contributed by atoms with Crippen molar-refractivity contribution in [1.82, 2.24) is 5.32 Å². The summed E-state index contributed by atoms with van der Waals surface area (Å²) >= 11 is 0. The minimum Gasteiger partial charge on any atom is -0.490 e. The zero-order valence-corrected chi connectivity index (χ0v) is 12.1. The molecule has 0 saturated carbocycles. The number of fused-ring (bicyclic) bond motifs is 1. The van der Waals surface area contributed by atoms with E-state index in [1.807, 2.05) is 20.8 Å². The summed E-state index contributed by atoms with van der Waals surface area (Å²) in [4.78, 5) is 11.4. The maximum atomic E-state index is 11.4. The van der Waals surface area contributed by atoms with E-state index in [1.54, 1.807) is 18.2 Å². The van der Waals surface area contributed by atoms with Gasteiger partial charge in [-0.2, -0.15) is 0 Å². The molecule has 1 atom stereocenters. The van der Waals surface area contributed by atoms with Crippen LogP contribution in [-0.4, -0.2) is 35.9 Å². The first kappa shape index (κ1) is 14.8. The van der Waals surface area contributed by atoms with Gasteiger partial charge in [-0.3, -0.25) is 0 Å². The lowest BCUT2D eigenvalue weighted by atomic mass is 10.1. The van der Waals surface area contributed by atoms with Crippen molar-refractivity contribution < 1.29 is 19.4 Å². The molecule has 0 aliphatic carbocycles. The Bertz CT molecular complexity index is 493. The summed E-state index contributed by atoms with van der Waals surface area (Å²) in [6.07, 6.45) is -0.608. The quantitative estimate of drug-likeness (QED) is 0.799. The van der Waals surface area contributed by atoms with Gasteiger partial charge in [0.1, 0.15) is 25.1 Å². The van der Waals surface area contributed by atoms with Crippen molar-refractivity contribution in [2.24, 2.45) is 0 Å². The Balaban J connectivity index is 1.90. The number of hydrogen-bond donors (Lipinski definition) is 2. The first-order chi connectivity index (χ1) is 9.37. The van der Waals surface area contributed by atoms with Gasteiger partial charge in [0, 0.05) is 17.6 Å². The standard InChI is InChI=1S/C15H21NO4/c1-15(2,3)16-7-10(17)8-19-13-6-4-5-11-12(13)9-20-14(11)18/h4-6,10,16-17H,7-9H2,1-3H3. The Morgan fingerprint density at radius 2 is 2.20 bits per heavy atom. The van der Waals surface area contributed by atoms with E-state index >= 15 is 0 Å². The molecule has 110 valence electrons. The van der Waals surface area contributed by atoms with Crippen molar-refractivity contribution in [1.29, 1.82) is 0 Å². The van der Waals surface area contributed by atoms with Crippen molar-refractivity contribution in [3.63, 3.8) is 0 Å². The molecule has 1 aromatic rings. The average molecular weight is 279 g/mol. The highest BCUT2D eigenvalue weighted by Crippen LogP contribution is 2.28. The maximum absolute atomic E-state index is 11.4. The summed E-state index contributed by atoms with van der Waals surface area (Å²) in [5.74, 6) is 0.281. The largest absolute Gasteiger partial charge is 0.490 e. The second-order valence-electron chi connectivity index (χ2n) is 5.95. The van der Waals surface area contributed by atoms with Gasteiger partial charge in [0.05, 0.1) is 5.56 Å². The van der Waals surface area contributed by atoms with Crippen molar-refractivity contribution >= 4 is 5.97 Å². The fraction of sp³-hybridized carbons (Fsp3) is 0.533. The van der Waals surface area contributed by atoms with E-state index in [9.17, 15) is 9.90 Å². The second-order valence-corrected chi connectivity index (χ2v) is 5.95. The summed E-state index contributed by atoms with van der Waals surface area (Å²) < 4.78 is 10.6. The number of carbonyl (C=O) groups excluding carboxylic acids is 1. The van der Waals surface area contributed by atoms with E-state index in [4.69, 9.17) is 9.47 Å². The minimum absolute atomic E-state index is 0.0464. The van der Waals surface area contributed by atoms with Gasteiger partial charge in [-0.25, -0.2) is 4.79 Å². The minimum atomic E-state index is -0.608. The Morgan fingerprint density at radius 1 is 1.45 bits per heavy atom. The molecule has 5 nitrogen and oxygen atoms in total. The second kappa shape index (κ2) is 5.81. The zero-order valence-electron chi connectivity index (χ0n) is 12.1. The number of cyclic esters (lactones) is 1. The normalized spacial score (nSPS) is 15.7. The molecule has 0 bridgehead atoms. The molecule has 0 fully saturated rings. The molecule has 1 aliphatic rings. The molecule has 1 aliphatic heterocycles. The van der Waals surface area contributed by atoms with Gasteiger partial charge in [-0.05, 0) is 32.9 Å². The highest BCUT2D eigenvalue weighted by atomic mass is 16.5. The highest BCUT2D eigenvalue weighted by Gasteiger charge is 2.24. The molecular weight excluding hydrogens is 258 g/mol. The summed E-state index contributed by atoms with van der Waals surface area (Å²) in [7, 11) is 0. The van der Waals surface area contributed by atoms with Crippen LogP contribution in [0.1, 0.15) is 36.7 Å². The van der Waals surface area contributed by atoms with Gasteiger partial charge < -0.3 is 19.9 Å². The maximum Gasteiger partial charge on any atom is 0.339 e. The zero-order chi connectivity index (χ0) is 14.8. The number of aliphatic hydroxyl groups excluding tert-OH is 1. The van der Waals surface area contributed by atoms with Crippen LogP contribution in [0.15, 0.2) is 18.2 Å². The lowest BCUT2D eigenvalue weighted by Gasteiger charge is -2.23. The number of β-amino-alcohol motifs (C(OH)–C–C–N with tert-alkyl or cyclic N) is 1. The van der Waals surface area contributed by atoms with Crippen molar-refractivity contribution in [2.45, 2.75) is 39.0 Å². The van der Waals surface area contributed by atoms with E-state index in [-0.39, 0.29) is 24.7 Å². The molecule has 0 spiro atoms. The van der Waals surface area contributed by atoms with E-state index in [1.165, 1.54) is 0 Å². The van der Waals surface area contributed by atoms with Crippen molar-refractivity contribution in [2.75, 3.05) is 13.2 Å². The van der Waals surface area contributed by atoms with Gasteiger partial charge in [0.2, 0.25) is 0 Å². The molecule has 20 heavy (non-hydrogen) atoms. The van der Waals surface area contributed by atoms with Crippen LogP contribution in [0.2, 0.25) is 0 Å². The van der Waals surface area contributed by atoms with Crippen molar-refractivity contribution in [3.05, 3.63) is 29.3 Å². The van der Waals surface area contributed by atoms with Crippen LogP contribution in [0.4, 0.5) is 0 Å². The molecule has 0 amide bonds. The topological polar surface area (TPSA) is 67.8 Å². The highest BCUT2D eigenvalue weighted by molar-refractivity contribution is 5.94. The molecular formula is C15H21NO4. The molecule has 1 unspecified atom stereocenters. The Kier molecular flexibility index (Phi) is 4.30. The van der Waals surface area contributed by atoms with Crippen LogP contribution >= 0.6 is 0 Å². The van der Waals surface area contributed by atoms with Crippen LogP contribution in [0.25, 0.3) is 0 Å². The fourth-order valence-electron chi connectivity index (χ4n) is 1.93. The predicted molar refractivity (Wildman–Crippen MR) is 74.8 cm³/mol. The molecule has 2 N–H and O–H groups in total. The number of benzene rings is 1. The first-order valence-corrected chi connectivity index (χ1v) is 6.72. The molecule has 0 aromatic heterocycles. The fourth-order valence-corrected chi connectivity index (χ4v) is 1.93. The van der Waals surface area contributed by atoms with E-state index < -0.39 is 6.10 Å². The van der Waals surface area contributed by atoms with Gasteiger partial charge in [-0.15, -0.1) is 0 Å². The lowest BCUT2D eigenvalue weighted by molar-refractivity contribution is 0.0532. The molecule has 1 heterocycles. The monoisotopic (exact) mass is 279 g/mol. The Hall–Kier alpha value is -1.59. The average Bonchev–Trinajstić information content (AvgIpc) is 2.76. The number of aliphatic hydroxyl groups is 1. The van der Waals surface area contributed by atoms with Crippen molar-refractivity contribution in [3.8, 4) is 5.75 Å². The molecule has 0 radical (unpaired) electrons. The van der Waals surface area contributed by atoms with Crippen LogP contribution in [-0.2, 0) is 11.3 Å². The number of ether oxygens (including phenoxy) is 2. The molecule has 2 rings (SSSR count). The number of nitrogens with one attached hydrogen (secondary N) is 1. The summed E-state index contributed by atoms with van der Waals surface area (Å²) in [6, 6.07) is 5.25. The van der Waals surface area contributed by atoms with Gasteiger partial charge >= 0.3 is 5.97 Å². The Labute approximate surface area is 118 Å². The number of rotatable bonds is 5. The van der Waals surface area contributed by atoms with E-state index in [0.717, 1.165) is 5.56 Å². The van der Waals surface area contributed by atoms with Crippen LogP contribution in [0.3, 0.4) is 0 Å². The van der Waals surface area contributed by atoms with Gasteiger partial charge in [-0.1, -0.05) is 6.07 Å². The number of hydrogen-bond acceptors (Lipinski definition) is 5. The van der Waals surface area contributed by atoms with Gasteiger partial charge in [0.25, 0.3) is 0 Å². The third-order valence-electron chi connectivity index (χ3n) is 3.00. The summed E-state index contributed by atoms with van der Waals surface area (Å²) in [6.45, 7) is 6.97. The third-order valence-corrected chi connectivity index (χ3v) is 3.00. The molecule has 5 heteroatoms. The lowest BCUT2D eigenvalue weighted by Crippen LogP contribution is -2.42. The van der Waals surface area contributed by atoms with Crippen LogP contribution in [0.5, 0.6) is 5.75 Å². The van der Waals surface area contributed by atoms with E-state index in [2.05, 4.69) is 5.32 Å². The number of carbonyl (C=O) groups is 1. The van der Waals surface area contributed by atoms with Crippen LogP contribution < -0.4 is 10.1 Å². The first-order valence-electron chi connectivity index (χ1n) is 6.72. The Morgan fingerprint density at radius 3 is 2.90 bits per heavy atom. The van der Waals surface area contributed by atoms with E-state index in [0.29, 0.717) is 17.9 Å².